The number of Topliss-reactive ketones (excluding diaryl/α,β-unsaturated/α-hetero) is 1. The minimum Gasteiger partial charge on any atom is -0.363 e. The van der Waals surface area contributed by atoms with E-state index >= 15 is 0 Å². The van der Waals surface area contributed by atoms with Gasteiger partial charge in [-0.15, -0.1) is 0 Å². The smallest absolute Gasteiger partial charge is 0.295 e. The van der Waals surface area contributed by atoms with Crippen molar-refractivity contribution in [2.45, 2.75) is 19.8 Å². The number of unbranched alkanes of at least 4 members (excludes halogenated alkanes) is 1. The van der Waals surface area contributed by atoms with E-state index in [2.05, 4.69) is 22.5 Å². The van der Waals surface area contributed by atoms with Crippen molar-refractivity contribution in [3.63, 3.8) is 0 Å². The van der Waals surface area contributed by atoms with Crippen LogP contribution in [0, 0.1) is 5.82 Å². The summed E-state index contributed by atoms with van der Waals surface area (Å²) >= 11 is 5.38. The van der Waals surface area contributed by atoms with Crippen LogP contribution in [0.2, 0.25) is 0 Å². The van der Waals surface area contributed by atoms with Crippen LogP contribution in [0.15, 0.2) is 18.3 Å². The zero-order valence-corrected chi connectivity index (χ0v) is 18.4. The number of nitrogens with zero attached hydrogens (tertiary/aromatic N) is 2. The number of ketones is 1. The predicted molar refractivity (Wildman–Crippen MR) is 120 cm³/mol. The van der Waals surface area contributed by atoms with E-state index < -0.39 is 23.4 Å². The first-order chi connectivity index (χ1) is 14.9. The molecule has 0 unspecified atom stereocenters. The SMILES string of the molecule is CCCCNC(=S)N1CCN(C(=O)C(=O)c2c[nH]c3c(C(=O)NC)ccc(F)c23)CC1. The van der Waals surface area contributed by atoms with E-state index in [4.69, 9.17) is 12.2 Å². The van der Waals surface area contributed by atoms with Crippen LogP contribution in [0.1, 0.15) is 40.5 Å². The van der Waals surface area contributed by atoms with Gasteiger partial charge in [0.2, 0.25) is 0 Å². The fraction of sp³-hybridized carbons (Fsp3) is 0.429. The summed E-state index contributed by atoms with van der Waals surface area (Å²) in [7, 11) is 1.46. The van der Waals surface area contributed by atoms with Crippen molar-refractivity contribution in [3.8, 4) is 0 Å². The zero-order chi connectivity index (χ0) is 22.5. The Hall–Kier alpha value is -3.01. The van der Waals surface area contributed by atoms with E-state index in [1.807, 2.05) is 4.90 Å². The lowest BCUT2D eigenvalue weighted by molar-refractivity contribution is -0.127. The first-order valence-electron chi connectivity index (χ1n) is 10.3. The minimum absolute atomic E-state index is 0.0561. The molecular weight excluding hydrogens is 421 g/mol. The molecule has 1 aromatic heterocycles. The molecule has 2 aromatic rings. The van der Waals surface area contributed by atoms with E-state index in [0.717, 1.165) is 25.5 Å². The molecule has 1 aliphatic rings. The molecule has 1 saturated heterocycles. The van der Waals surface area contributed by atoms with Crippen LogP contribution in [-0.4, -0.2) is 77.3 Å². The Morgan fingerprint density at radius 2 is 1.81 bits per heavy atom. The number of thiocarbonyl (C=S) groups is 1. The summed E-state index contributed by atoms with van der Waals surface area (Å²) in [6, 6.07) is 2.45. The molecule has 2 heterocycles. The van der Waals surface area contributed by atoms with Gasteiger partial charge in [0.15, 0.2) is 5.11 Å². The molecule has 10 heteroatoms. The number of amides is 2. The first-order valence-corrected chi connectivity index (χ1v) is 10.7. The summed E-state index contributed by atoms with van der Waals surface area (Å²) in [6.07, 6.45) is 3.37. The number of aromatic nitrogens is 1. The molecule has 0 bridgehead atoms. The molecule has 0 aliphatic carbocycles. The number of H-pyrrole nitrogens is 1. The molecule has 2 amide bonds. The van der Waals surface area contributed by atoms with Crippen molar-refractivity contribution < 1.29 is 18.8 Å². The highest BCUT2D eigenvalue weighted by Gasteiger charge is 2.30. The number of piperazine rings is 1. The summed E-state index contributed by atoms with van der Waals surface area (Å²) < 4.78 is 14.5. The van der Waals surface area contributed by atoms with Gasteiger partial charge in [-0.05, 0) is 30.8 Å². The number of carbonyl (C=O) groups excluding carboxylic acids is 3. The Morgan fingerprint density at radius 1 is 1.13 bits per heavy atom. The highest BCUT2D eigenvalue weighted by molar-refractivity contribution is 7.80. The molecule has 0 atom stereocenters. The average molecular weight is 448 g/mol. The van der Waals surface area contributed by atoms with Crippen LogP contribution in [0.3, 0.4) is 0 Å². The topological polar surface area (TPSA) is 97.5 Å². The molecule has 31 heavy (non-hydrogen) atoms. The Labute approximate surface area is 185 Å². The number of benzene rings is 1. The largest absolute Gasteiger partial charge is 0.363 e. The number of aromatic amines is 1. The van der Waals surface area contributed by atoms with Crippen LogP contribution in [0.4, 0.5) is 4.39 Å². The Bertz CT molecular complexity index is 1010. The second kappa shape index (κ2) is 9.86. The van der Waals surface area contributed by atoms with Crippen molar-refractivity contribution in [2.24, 2.45) is 0 Å². The number of halogens is 1. The maximum atomic E-state index is 14.5. The summed E-state index contributed by atoms with van der Waals surface area (Å²) in [5.74, 6) is -2.60. The van der Waals surface area contributed by atoms with Gasteiger partial charge < -0.3 is 25.4 Å². The van der Waals surface area contributed by atoms with E-state index in [1.165, 1.54) is 24.2 Å². The van der Waals surface area contributed by atoms with Gasteiger partial charge in [-0.1, -0.05) is 13.3 Å². The lowest BCUT2D eigenvalue weighted by atomic mass is 10.0. The lowest BCUT2D eigenvalue weighted by Gasteiger charge is -2.35. The van der Waals surface area contributed by atoms with Gasteiger partial charge in [-0.3, -0.25) is 14.4 Å². The summed E-state index contributed by atoms with van der Waals surface area (Å²) in [4.78, 5) is 43.9. The van der Waals surface area contributed by atoms with Crippen LogP contribution >= 0.6 is 12.2 Å². The summed E-state index contributed by atoms with van der Waals surface area (Å²) in [5.41, 5.74) is 0.300. The Balaban J connectivity index is 1.71. The van der Waals surface area contributed by atoms with Gasteiger partial charge in [-0.2, -0.15) is 0 Å². The molecule has 1 aromatic carbocycles. The monoisotopic (exact) mass is 447 g/mol. The van der Waals surface area contributed by atoms with Crippen LogP contribution in [-0.2, 0) is 4.79 Å². The maximum absolute atomic E-state index is 14.5. The quantitative estimate of drug-likeness (QED) is 0.270. The zero-order valence-electron chi connectivity index (χ0n) is 17.6. The van der Waals surface area contributed by atoms with Crippen LogP contribution < -0.4 is 10.6 Å². The third kappa shape index (κ3) is 4.68. The second-order valence-electron chi connectivity index (χ2n) is 7.32. The predicted octanol–water partition coefficient (Wildman–Crippen LogP) is 1.67. The van der Waals surface area contributed by atoms with Crippen molar-refractivity contribution >= 4 is 45.8 Å². The minimum atomic E-state index is -0.809. The van der Waals surface area contributed by atoms with Crippen molar-refractivity contribution in [1.29, 1.82) is 0 Å². The molecule has 1 fully saturated rings. The number of hydrogen-bond acceptors (Lipinski definition) is 4. The molecule has 1 aliphatic heterocycles. The third-order valence-corrected chi connectivity index (χ3v) is 5.76. The number of fused-ring (bicyclic) bond motifs is 1. The summed E-state index contributed by atoms with van der Waals surface area (Å²) in [5, 5.41) is 6.26. The number of nitrogens with one attached hydrogen (secondary N) is 3. The van der Waals surface area contributed by atoms with Gasteiger partial charge in [0.25, 0.3) is 17.6 Å². The van der Waals surface area contributed by atoms with Crippen molar-refractivity contribution in [2.75, 3.05) is 39.8 Å². The molecule has 3 N–H and O–H groups in total. The van der Waals surface area contributed by atoms with Gasteiger partial charge >= 0.3 is 0 Å². The van der Waals surface area contributed by atoms with Crippen molar-refractivity contribution in [3.05, 3.63) is 35.3 Å². The third-order valence-electron chi connectivity index (χ3n) is 5.36. The number of carbonyl (C=O) groups is 3. The fourth-order valence-corrected chi connectivity index (χ4v) is 3.85. The number of rotatable bonds is 6. The lowest BCUT2D eigenvalue weighted by Crippen LogP contribution is -2.54. The van der Waals surface area contributed by atoms with E-state index in [0.29, 0.717) is 31.3 Å². The highest BCUT2D eigenvalue weighted by Crippen LogP contribution is 2.26. The van der Waals surface area contributed by atoms with E-state index in [1.54, 1.807) is 0 Å². The molecule has 0 radical (unpaired) electrons. The van der Waals surface area contributed by atoms with Gasteiger partial charge in [0, 0.05) is 51.4 Å². The molecule has 3 rings (SSSR count). The normalized spacial score (nSPS) is 13.9. The van der Waals surface area contributed by atoms with Crippen molar-refractivity contribution in [1.82, 2.24) is 25.4 Å². The molecule has 166 valence electrons. The fourth-order valence-electron chi connectivity index (χ4n) is 3.57. The number of hydrogen-bond donors (Lipinski definition) is 3. The Kier molecular flexibility index (Phi) is 7.21. The molecule has 8 nitrogen and oxygen atoms in total. The molecule has 0 spiro atoms. The molecule has 0 saturated carbocycles. The van der Waals surface area contributed by atoms with E-state index in [9.17, 15) is 18.8 Å². The van der Waals surface area contributed by atoms with E-state index in [-0.39, 0.29) is 22.0 Å². The standard InChI is InChI=1S/C21H26FN5O3S/c1-3-4-7-24-21(31)27-10-8-26(9-11-27)20(30)18(28)14-12-25-17-13(19(29)23-2)5-6-15(22)16(14)17/h5-6,12,25H,3-4,7-11H2,1-2H3,(H,23,29)(H,24,31). The summed E-state index contributed by atoms with van der Waals surface area (Å²) in [6.45, 7) is 4.62. The maximum Gasteiger partial charge on any atom is 0.295 e. The molecular formula is C21H26FN5O3S. The van der Waals surface area contributed by atoms with Gasteiger partial charge in [0.1, 0.15) is 5.82 Å². The van der Waals surface area contributed by atoms with Crippen LogP contribution in [0.25, 0.3) is 10.9 Å². The second-order valence-corrected chi connectivity index (χ2v) is 7.71. The Morgan fingerprint density at radius 3 is 2.45 bits per heavy atom. The average Bonchev–Trinajstić information content (AvgIpc) is 3.24. The first kappa shape index (κ1) is 22.7. The van der Waals surface area contributed by atoms with Gasteiger partial charge in [0.05, 0.1) is 16.6 Å². The highest BCUT2D eigenvalue weighted by atomic mass is 32.1. The van der Waals surface area contributed by atoms with Gasteiger partial charge in [-0.25, -0.2) is 4.39 Å². The van der Waals surface area contributed by atoms with Crippen LogP contribution in [0.5, 0.6) is 0 Å².